The molecule has 9 heteroatoms. The van der Waals surface area contributed by atoms with Gasteiger partial charge in [-0.3, -0.25) is 4.99 Å². The van der Waals surface area contributed by atoms with Gasteiger partial charge >= 0.3 is 0 Å². The highest BCUT2D eigenvalue weighted by molar-refractivity contribution is 6.09. The molecule has 9 nitrogen and oxygen atoms in total. The van der Waals surface area contributed by atoms with Gasteiger partial charge in [-0.05, 0) is 26.8 Å². The maximum Gasteiger partial charge on any atom is 0.213 e. The maximum atomic E-state index is 5.81. The average Bonchev–Trinajstić information content (AvgIpc) is 2.74. The summed E-state index contributed by atoms with van der Waals surface area (Å²) in [5.41, 5.74) is 8.51. The number of methoxy groups -OCH3 is 1. The molecule has 3 rings (SSSR count). The number of nitrogens with two attached hydrogens (primary N) is 1. The zero-order valence-electron chi connectivity index (χ0n) is 17.9. The second-order valence-corrected chi connectivity index (χ2v) is 7.18. The summed E-state index contributed by atoms with van der Waals surface area (Å²) in [6.07, 6.45) is 3.15. The molecule has 1 aliphatic rings. The van der Waals surface area contributed by atoms with E-state index in [9.17, 15) is 0 Å². The molecule has 3 N–H and O–H groups in total. The molecule has 0 aromatic carbocycles. The molecule has 1 saturated heterocycles. The van der Waals surface area contributed by atoms with Crippen molar-refractivity contribution < 1.29 is 9.47 Å². The average molecular weight is 412 g/mol. The van der Waals surface area contributed by atoms with Crippen molar-refractivity contribution in [3.8, 4) is 5.88 Å². The van der Waals surface area contributed by atoms with E-state index in [1.807, 2.05) is 32.9 Å². The number of hydrogen-bond donors (Lipinski definition) is 2. The third kappa shape index (κ3) is 5.74. The third-order valence-corrected chi connectivity index (χ3v) is 4.48. The first-order chi connectivity index (χ1) is 14.5. The lowest BCUT2D eigenvalue weighted by Crippen LogP contribution is -2.37. The van der Waals surface area contributed by atoms with Crippen LogP contribution in [0.5, 0.6) is 5.88 Å². The highest BCUT2D eigenvalue weighted by atomic mass is 16.5. The Morgan fingerprint density at radius 1 is 1.30 bits per heavy atom. The van der Waals surface area contributed by atoms with Gasteiger partial charge in [0.15, 0.2) is 5.82 Å². The van der Waals surface area contributed by atoms with Crippen molar-refractivity contribution in [2.24, 2.45) is 10.7 Å². The largest absolute Gasteiger partial charge is 0.481 e. The molecule has 0 radical (unpaired) electrons. The smallest absolute Gasteiger partial charge is 0.213 e. The SMILES string of the molecule is COc1ccc(Nc2cc(N3CCOCC3)nc(C(C=NC(C)N)=C(C)C)n2)cn1. The van der Waals surface area contributed by atoms with Gasteiger partial charge in [-0.2, -0.15) is 0 Å². The van der Waals surface area contributed by atoms with Crippen molar-refractivity contribution in [3.05, 3.63) is 35.8 Å². The molecule has 160 valence electrons. The van der Waals surface area contributed by atoms with E-state index < -0.39 is 0 Å². The lowest BCUT2D eigenvalue weighted by atomic mass is 10.1. The number of allylic oxidation sites excluding steroid dienone is 2. The number of anilines is 3. The predicted molar refractivity (Wildman–Crippen MR) is 120 cm³/mol. The Hall–Kier alpha value is -3.04. The summed E-state index contributed by atoms with van der Waals surface area (Å²) in [5.74, 6) is 2.64. The molecule has 1 unspecified atom stereocenters. The first-order valence-corrected chi connectivity index (χ1v) is 9.91. The van der Waals surface area contributed by atoms with Crippen molar-refractivity contribution in [1.82, 2.24) is 15.0 Å². The normalized spacial score (nSPS) is 15.2. The Morgan fingerprint density at radius 3 is 2.67 bits per heavy atom. The number of aromatic nitrogens is 3. The Morgan fingerprint density at radius 2 is 2.07 bits per heavy atom. The molecule has 3 heterocycles. The first kappa shape index (κ1) is 21.7. The topological polar surface area (TPSA) is 111 Å². The standard InChI is InChI=1S/C21H29N7O2/c1-14(2)17(13-23-15(3)22)21-26-18(25-16-5-6-20(29-4)24-12-16)11-19(27-21)28-7-9-30-10-8-28/h5-6,11-13,15H,7-10,22H2,1-4H3,(H,25,26,27). The number of hydrogen-bond acceptors (Lipinski definition) is 9. The van der Waals surface area contributed by atoms with Crippen molar-refractivity contribution >= 4 is 29.1 Å². The van der Waals surface area contributed by atoms with E-state index in [2.05, 4.69) is 20.2 Å². The minimum absolute atomic E-state index is 0.301. The van der Waals surface area contributed by atoms with Gasteiger partial charge < -0.3 is 25.4 Å². The van der Waals surface area contributed by atoms with Crippen LogP contribution in [0.2, 0.25) is 0 Å². The van der Waals surface area contributed by atoms with Crippen LogP contribution >= 0.6 is 0 Å². The minimum Gasteiger partial charge on any atom is -0.481 e. The van der Waals surface area contributed by atoms with E-state index in [4.69, 9.17) is 25.2 Å². The molecule has 0 spiro atoms. The van der Waals surface area contributed by atoms with Crippen LogP contribution in [0.4, 0.5) is 17.3 Å². The molecule has 1 atom stereocenters. The van der Waals surface area contributed by atoms with Crippen LogP contribution in [0, 0.1) is 0 Å². The van der Waals surface area contributed by atoms with Gasteiger partial charge in [-0.1, -0.05) is 5.57 Å². The van der Waals surface area contributed by atoms with E-state index in [1.54, 1.807) is 25.6 Å². The number of aliphatic imine (C=N–C) groups is 1. The van der Waals surface area contributed by atoms with Gasteiger partial charge in [-0.25, -0.2) is 15.0 Å². The minimum atomic E-state index is -0.301. The van der Waals surface area contributed by atoms with Gasteiger partial charge in [0.25, 0.3) is 0 Å². The quantitative estimate of drug-likeness (QED) is 0.669. The molecule has 30 heavy (non-hydrogen) atoms. The Bertz CT molecular complexity index is 900. The van der Waals surface area contributed by atoms with Gasteiger partial charge in [0.1, 0.15) is 11.6 Å². The number of nitrogens with zero attached hydrogens (tertiary/aromatic N) is 5. The summed E-state index contributed by atoms with van der Waals surface area (Å²) in [5, 5.41) is 3.31. The van der Waals surface area contributed by atoms with Crippen molar-refractivity contribution in [1.29, 1.82) is 0 Å². The summed E-state index contributed by atoms with van der Waals surface area (Å²) in [6.45, 7) is 8.74. The molecule has 0 amide bonds. The van der Waals surface area contributed by atoms with Gasteiger partial charge in [0.05, 0.1) is 38.4 Å². The molecule has 0 saturated carbocycles. The van der Waals surface area contributed by atoms with Crippen LogP contribution in [0.15, 0.2) is 35.0 Å². The van der Waals surface area contributed by atoms with Gasteiger partial charge in [-0.15, -0.1) is 0 Å². The molecule has 0 bridgehead atoms. The van der Waals surface area contributed by atoms with E-state index in [-0.39, 0.29) is 6.17 Å². The summed E-state index contributed by atoms with van der Waals surface area (Å²) in [7, 11) is 1.59. The number of morpholine rings is 1. The predicted octanol–water partition coefficient (Wildman–Crippen LogP) is 2.63. The van der Waals surface area contributed by atoms with Crippen molar-refractivity contribution in [3.63, 3.8) is 0 Å². The van der Waals surface area contributed by atoms with Crippen LogP contribution in [0.3, 0.4) is 0 Å². The maximum absolute atomic E-state index is 5.81. The molecule has 2 aromatic rings. The molecule has 2 aromatic heterocycles. The van der Waals surface area contributed by atoms with Crippen LogP contribution in [-0.4, -0.2) is 60.7 Å². The van der Waals surface area contributed by atoms with Crippen LogP contribution in [0.1, 0.15) is 26.6 Å². The fourth-order valence-corrected chi connectivity index (χ4v) is 2.90. The number of pyridine rings is 1. The van der Waals surface area contributed by atoms with E-state index in [0.717, 1.165) is 35.7 Å². The second kappa shape index (κ2) is 10.1. The van der Waals surface area contributed by atoms with Gasteiger partial charge in [0, 0.05) is 37.0 Å². The molecular weight excluding hydrogens is 382 g/mol. The summed E-state index contributed by atoms with van der Waals surface area (Å²) in [4.78, 5) is 20.3. The molecular formula is C21H29N7O2. The molecule has 0 aliphatic carbocycles. The van der Waals surface area contributed by atoms with Crippen LogP contribution < -0.4 is 20.7 Å². The van der Waals surface area contributed by atoms with Crippen molar-refractivity contribution in [2.45, 2.75) is 26.9 Å². The van der Waals surface area contributed by atoms with Crippen molar-refractivity contribution in [2.75, 3.05) is 43.6 Å². The zero-order valence-corrected chi connectivity index (χ0v) is 17.9. The van der Waals surface area contributed by atoms with E-state index >= 15 is 0 Å². The van der Waals surface area contributed by atoms with E-state index in [1.165, 1.54) is 0 Å². The zero-order chi connectivity index (χ0) is 21.5. The number of nitrogens with one attached hydrogen (secondary N) is 1. The van der Waals surface area contributed by atoms with E-state index in [0.29, 0.717) is 30.7 Å². The lowest BCUT2D eigenvalue weighted by molar-refractivity contribution is 0.122. The fourth-order valence-electron chi connectivity index (χ4n) is 2.90. The van der Waals surface area contributed by atoms with Crippen LogP contribution in [-0.2, 0) is 4.74 Å². The van der Waals surface area contributed by atoms with Gasteiger partial charge in [0.2, 0.25) is 5.88 Å². The highest BCUT2D eigenvalue weighted by Gasteiger charge is 2.17. The Kier molecular flexibility index (Phi) is 7.31. The number of ether oxygens (including phenoxy) is 2. The fraction of sp³-hybridized carbons (Fsp3) is 0.429. The Balaban J connectivity index is 1.99. The first-order valence-electron chi connectivity index (χ1n) is 9.91. The van der Waals surface area contributed by atoms with Crippen LogP contribution in [0.25, 0.3) is 5.57 Å². The summed E-state index contributed by atoms with van der Waals surface area (Å²) in [6, 6.07) is 5.62. The lowest BCUT2D eigenvalue weighted by Gasteiger charge is -2.28. The Labute approximate surface area is 177 Å². The highest BCUT2D eigenvalue weighted by Crippen LogP contribution is 2.24. The monoisotopic (exact) mass is 411 g/mol. The number of rotatable bonds is 7. The third-order valence-electron chi connectivity index (χ3n) is 4.48. The molecule has 1 fully saturated rings. The molecule has 1 aliphatic heterocycles. The second-order valence-electron chi connectivity index (χ2n) is 7.18. The summed E-state index contributed by atoms with van der Waals surface area (Å²) >= 11 is 0. The summed E-state index contributed by atoms with van der Waals surface area (Å²) < 4.78 is 10.6.